The summed E-state index contributed by atoms with van der Waals surface area (Å²) in [7, 11) is 0. The van der Waals surface area contributed by atoms with Crippen molar-refractivity contribution in [3.63, 3.8) is 0 Å². The van der Waals surface area contributed by atoms with Crippen molar-refractivity contribution in [3.8, 4) is 11.1 Å². The zero-order valence-corrected chi connectivity index (χ0v) is 27.9. The lowest BCUT2D eigenvalue weighted by Crippen LogP contribution is -2.44. The van der Waals surface area contributed by atoms with Crippen LogP contribution in [-0.4, -0.2) is 37.8 Å². The molecule has 10 heteroatoms. The molecule has 2 aromatic carbocycles. The van der Waals surface area contributed by atoms with Crippen molar-refractivity contribution >= 4 is 40.4 Å². The molecule has 3 aromatic rings. The summed E-state index contributed by atoms with van der Waals surface area (Å²) in [6.07, 6.45) is 0.0217. The Morgan fingerprint density at radius 2 is 1.50 bits per heavy atom. The third kappa shape index (κ3) is 8.81. The van der Waals surface area contributed by atoms with Crippen molar-refractivity contribution in [2.45, 2.75) is 76.9 Å². The zero-order chi connectivity index (χ0) is 32.3. The van der Waals surface area contributed by atoms with Gasteiger partial charge in [0.05, 0.1) is 21.9 Å². The molecule has 0 bridgehead atoms. The molecule has 44 heavy (non-hydrogen) atoms. The number of carbonyl (C=O) groups is 1. The van der Waals surface area contributed by atoms with Crippen molar-refractivity contribution in [3.05, 3.63) is 92.2 Å². The van der Waals surface area contributed by atoms with Gasteiger partial charge in [0, 0.05) is 30.2 Å². The predicted molar refractivity (Wildman–Crippen MR) is 179 cm³/mol. The number of amides is 1. The molecular formula is C34H42Cl2F3N3OS. The highest BCUT2D eigenvalue weighted by Gasteiger charge is 2.45. The van der Waals surface area contributed by atoms with E-state index in [1.807, 2.05) is 24.3 Å². The Morgan fingerprint density at radius 3 is 1.98 bits per heavy atom. The largest absolute Gasteiger partial charge is 0.390 e. The van der Waals surface area contributed by atoms with Crippen LogP contribution < -0.4 is 16.0 Å². The molecule has 1 amide bonds. The number of halogens is 5. The van der Waals surface area contributed by atoms with Crippen LogP contribution in [0.5, 0.6) is 0 Å². The highest BCUT2D eigenvalue weighted by atomic mass is 35.5. The first-order valence-electron chi connectivity index (χ1n) is 15.1. The van der Waals surface area contributed by atoms with E-state index in [1.165, 1.54) is 11.3 Å². The molecule has 1 aromatic heterocycles. The molecular weight excluding hydrogens is 626 g/mol. The van der Waals surface area contributed by atoms with Gasteiger partial charge in [-0.15, -0.1) is 11.3 Å². The maximum Gasteiger partial charge on any atom is 0.390 e. The summed E-state index contributed by atoms with van der Waals surface area (Å²) < 4.78 is 37.9. The van der Waals surface area contributed by atoms with Gasteiger partial charge in [0.15, 0.2) is 0 Å². The molecule has 0 radical (unpaired) electrons. The van der Waals surface area contributed by atoms with Crippen LogP contribution in [0.15, 0.2) is 66.2 Å². The Kier molecular flexibility index (Phi) is 13.6. The molecule has 240 valence electrons. The van der Waals surface area contributed by atoms with Crippen LogP contribution in [0.1, 0.15) is 80.1 Å². The summed E-state index contributed by atoms with van der Waals surface area (Å²) in [6, 6.07) is 16.4. The molecule has 0 saturated carbocycles. The number of alkyl halides is 3. The van der Waals surface area contributed by atoms with Crippen LogP contribution in [0.2, 0.25) is 10.0 Å². The van der Waals surface area contributed by atoms with Crippen molar-refractivity contribution in [1.82, 2.24) is 16.0 Å². The first kappa shape index (κ1) is 36.0. The summed E-state index contributed by atoms with van der Waals surface area (Å²) in [5.74, 6) is -0.112. The third-order valence-corrected chi connectivity index (χ3v) is 9.66. The fraction of sp³-hybridized carbons (Fsp3) is 0.441. The first-order valence-corrected chi connectivity index (χ1v) is 16.8. The summed E-state index contributed by atoms with van der Waals surface area (Å²) in [6.45, 7) is 11.8. The van der Waals surface area contributed by atoms with E-state index in [4.69, 9.17) is 23.2 Å². The quantitative estimate of drug-likeness (QED) is 0.150. The van der Waals surface area contributed by atoms with Gasteiger partial charge in [0.25, 0.3) is 5.91 Å². The Labute approximate surface area is 273 Å². The van der Waals surface area contributed by atoms with Crippen molar-refractivity contribution < 1.29 is 18.0 Å². The number of benzene rings is 2. The van der Waals surface area contributed by atoms with Gasteiger partial charge < -0.3 is 16.0 Å². The number of nitrogens with one attached hydrogen (secondary N) is 3. The highest BCUT2D eigenvalue weighted by molar-refractivity contribution is 7.13. The monoisotopic (exact) mass is 667 g/mol. The van der Waals surface area contributed by atoms with Gasteiger partial charge >= 0.3 is 6.18 Å². The Hall–Kier alpha value is -2.52. The lowest BCUT2D eigenvalue weighted by Gasteiger charge is -2.35. The predicted octanol–water partition coefficient (Wildman–Crippen LogP) is 9.76. The zero-order valence-electron chi connectivity index (χ0n) is 25.6. The smallest absolute Gasteiger partial charge is 0.387 e. The van der Waals surface area contributed by atoms with Gasteiger partial charge in [-0.2, -0.15) is 13.2 Å². The van der Waals surface area contributed by atoms with Crippen molar-refractivity contribution in [1.29, 1.82) is 0 Å². The number of thiophene rings is 1. The second kappa shape index (κ2) is 16.7. The second-order valence-electron chi connectivity index (χ2n) is 10.9. The Morgan fingerprint density at radius 1 is 0.932 bits per heavy atom. The molecule has 4 rings (SSSR count). The van der Waals surface area contributed by atoms with Gasteiger partial charge in [-0.1, -0.05) is 112 Å². The van der Waals surface area contributed by atoms with Crippen LogP contribution in [0.4, 0.5) is 13.2 Å². The van der Waals surface area contributed by atoms with Crippen LogP contribution in [0.25, 0.3) is 11.1 Å². The third-order valence-electron chi connectivity index (χ3n) is 7.65. The van der Waals surface area contributed by atoms with E-state index in [0.29, 0.717) is 27.2 Å². The molecule has 0 unspecified atom stereocenters. The van der Waals surface area contributed by atoms with Gasteiger partial charge in [0.1, 0.15) is 4.88 Å². The Bertz CT molecular complexity index is 1340. The minimum atomic E-state index is -4.19. The number of carbonyl (C=O) groups excluding carboxylic acids is 1. The van der Waals surface area contributed by atoms with Crippen LogP contribution in [-0.2, 0) is 5.41 Å². The second-order valence-corrected chi connectivity index (χ2v) is 12.6. The topological polar surface area (TPSA) is 53.2 Å². The SMILES string of the molecule is C=C(NCCC(F)(F)F)C1(CNCCC)c2ccccc2-c2ccccc21.CCCC(CCC)NC(=O)c1scc(Cl)c1Cl. The van der Waals surface area contributed by atoms with E-state index in [0.717, 1.165) is 60.9 Å². The van der Waals surface area contributed by atoms with Gasteiger partial charge in [-0.3, -0.25) is 4.79 Å². The molecule has 0 spiro atoms. The lowest BCUT2D eigenvalue weighted by molar-refractivity contribution is -0.133. The van der Waals surface area contributed by atoms with E-state index in [1.54, 1.807) is 5.38 Å². The molecule has 0 saturated heterocycles. The first-order chi connectivity index (χ1) is 21.0. The minimum Gasteiger partial charge on any atom is -0.387 e. The van der Waals surface area contributed by atoms with Gasteiger partial charge in [0.2, 0.25) is 0 Å². The van der Waals surface area contributed by atoms with Gasteiger partial charge in [-0.05, 0) is 48.1 Å². The molecule has 4 nitrogen and oxygen atoms in total. The van der Waals surface area contributed by atoms with Crippen molar-refractivity contribution in [2.24, 2.45) is 0 Å². The number of hydrogen-bond acceptors (Lipinski definition) is 4. The minimum absolute atomic E-state index is 0.112. The highest BCUT2D eigenvalue weighted by Crippen LogP contribution is 2.51. The molecule has 1 aliphatic carbocycles. The number of fused-ring (bicyclic) bond motifs is 3. The average Bonchev–Trinajstić information content (AvgIpc) is 3.48. The normalized spacial score (nSPS) is 13.1. The standard InChI is InChI=1S/C22H25F3N2.C12H17Cl2NOS/c1-3-13-26-15-21(16(2)27-14-12-22(23,24)25)19-10-6-4-8-17(19)18-9-5-7-11-20(18)21;1-3-5-8(6-4-2)15-12(16)11-10(14)9(13)7-17-11/h4-11,26-27H,2-3,12-15H2,1H3;7-8H,3-6H2,1-2H3,(H,15,16). The molecule has 0 atom stereocenters. The summed E-state index contributed by atoms with van der Waals surface area (Å²) in [5.41, 5.74) is 4.41. The summed E-state index contributed by atoms with van der Waals surface area (Å²) >= 11 is 13.1. The van der Waals surface area contributed by atoms with E-state index < -0.39 is 18.0 Å². The van der Waals surface area contributed by atoms with Gasteiger partial charge in [-0.25, -0.2) is 0 Å². The molecule has 1 heterocycles. The van der Waals surface area contributed by atoms with Crippen LogP contribution in [0.3, 0.4) is 0 Å². The van der Waals surface area contributed by atoms with E-state index in [2.05, 4.69) is 67.6 Å². The van der Waals surface area contributed by atoms with E-state index >= 15 is 0 Å². The molecule has 0 aliphatic heterocycles. The average molecular weight is 669 g/mol. The van der Waals surface area contributed by atoms with E-state index in [9.17, 15) is 18.0 Å². The van der Waals surface area contributed by atoms with Crippen molar-refractivity contribution in [2.75, 3.05) is 19.6 Å². The summed E-state index contributed by atoms with van der Waals surface area (Å²) in [5, 5.41) is 12.0. The van der Waals surface area contributed by atoms with Crippen LogP contribution in [0, 0.1) is 0 Å². The summed E-state index contributed by atoms with van der Waals surface area (Å²) in [4.78, 5) is 12.5. The molecule has 0 fully saturated rings. The number of rotatable bonds is 14. The van der Waals surface area contributed by atoms with E-state index in [-0.39, 0.29) is 18.5 Å². The lowest BCUT2D eigenvalue weighted by atomic mass is 9.75. The molecule has 3 N–H and O–H groups in total. The maximum absolute atomic E-state index is 12.6. The maximum atomic E-state index is 12.6. The Balaban J connectivity index is 0.000000269. The number of hydrogen-bond donors (Lipinski definition) is 3. The fourth-order valence-corrected chi connectivity index (χ4v) is 6.96. The van der Waals surface area contributed by atoms with Crippen LogP contribution >= 0.6 is 34.5 Å². The fourth-order valence-electron chi connectivity index (χ4n) is 5.62. The molecule has 1 aliphatic rings.